The fourth-order valence-electron chi connectivity index (χ4n) is 1.13. The second-order valence-corrected chi connectivity index (χ2v) is 4.40. The SMILES string of the molecule is C=CCl.C[N+](C)(C)Cc1ccccc1. The lowest BCUT2D eigenvalue weighted by Gasteiger charge is -2.23. The van der Waals surface area contributed by atoms with Crippen LogP contribution in [-0.2, 0) is 6.54 Å². The van der Waals surface area contributed by atoms with E-state index < -0.39 is 0 Å². The van der Waals surface area contributed by atoms with Crippen LogP contribution in [0.15, 0.2) is 42.4 Å². The lowest BCUT2D eigenvalue weighted by Crippen LogP contribution is -2.33. The van der Waals surface area contributed by atoms with Crippen LogP contribution in [0.2, 0.25) is 0 Å². The van der Waals surface area contributed by atoms with Crippen LogP contribution in [0.25, 0.3) is 0 Å². The average molecular weight is 213 g/mol. The third-order valence-electron chi connectivity index (χ3n) is 1.50. The van der Waals surface area contributed by atoms with Crippen LogP contribution in [0.4, 0.5) is 0 Å². The van der Waals surface area contributed by atoms with Gasteiger partial charge in [0.15, 0.2) is 0 Å². The molecule has 0 heterocycles. The Morgan fingerprint density at radius 3 is 2.00 bits per heavy atom. The Morgan fingerprint density at radius 1 is 1.21 bits per heavy atom. The first-order chi connectivity index (χ1) is 6.49. The van der Waals surface area contributed by atoms with Crippen LogP contribution >= 0.6 is 11.6 Å². The first kappa shape index (κ1) is 13.2. The zero-order chi connectivity index (χ0) is 11.0. The highest BCUT2D eigenvalue weighted by atomic mass is 35.5. The van der Waals surface area contributed by atoms with Gasteiger partial charge in [0.05, 0.1) is 21.1 Å². The molecule has 0 spiro atoms. The molecule has 1 rings (SSSR count). The number of hydrogen-bond acceptors (Lipinski definition) is 0. The van der Waals surface area contributed by atoms with Gasteiger partial charge >= 0.3 is 0 Å². The van der Waals surface area contributed by atoms with Crippen LogP contribution in [0.5, 0.6) is 0 Å². The summed E-state index contributed by atoms with van der Waals surface area (Å²) >= 11 is 4.76. The van der Waals surface area contributed by atoms with Crippen LogP contribution < -0.4 is 0 Å². The van der Waals surface area contributed by atoms with E-state index in [9.17, 15) is 0 Å². The van der Waals surface area contributed by atoms with Crippen LogP contribution in [-0.4, -0.2) is 25.6 Å². The van der Waals surface area contributed by atoms with Gasteiger partial charge in [-0.25, -0.2) is 0 Å². The Labute approximate surface area is 92.2 Å². The quantitative estimate of drug-likeness (QED) is 0.661. The summed E-state index contributed by atoms with van der Waals surface area (Å²) in [7, 11) is 6.60. The normalized spacial score (nSPS) is 10.0. The molecule has 0 aliphatic rings. The Kier molecular flexibility index (Phi) is 6.26. The molecular weight excluding hydrogens is 194 g/mol. The topological polar surface area (TPSA) is 0 Å². The van der Waals surface area contributed by atoms with Crippen molar-refractivity contribution in [3.8, 4) is 0 Å². The molecule has 0 N–H and O–H groups in total. The Morgan fingerprint density at radius 2 is 1.64 bits per heavy atom. The number of hydrogen-bond donors (Lipinski definition) is 0. The fourth-order valence-corrected chi connectivity index (χ4v) is 1.13. The Balaban J connectivity index is 0.000000500. The third-order valence-corrected chi connectivity index (χ3v) is 1.50. The number of benzene rings is 1. The molecule has 0 atom stereocenters. The molecule has 2 heteroatoms. The molecule has 0 aliphatic carbocycles. The van der Waals surface area contributed by atoms with E-state index in [1.54, 1.807) is 0 Å². The van der Waals surface area contributed by atoms with Crippen LogP contribution in [0, 0.1) is 0 Å². The maximum Gasteiger partial charge on any atom is 0.104 e. The molecular formula is C12H19ClN+. The van der Waals surface area contributed by atoms with E-state index >= 15 is 0 Å². The van der Waals surface area contributed by atoms with E-state index in [2.05, 4.69) is 58.1 Å². The number of rotatable bonds is 2. The first-order valence-corrected chi connectivity index (χ1v) is 4.99. The fraction of sp³-hybridized carbons (Fsp3) is 0.333. The summed E-state index contributed by atoms with van der Waals surface area (Å²) in [5.41, 5.74) is 2.62. The van der Waals surface area contributed by atoms with Crippen LogP contribution in [0.1, 0.15) is 5.56 Å². The van der Waals surface area contributed by atoms with Crippen molar-refractivity contribution >= 4 is 11.6 Å². The summed E-state index contributed by atoms with van der Waals surface area (Å²) in [6.45, 7) is 4.22. The molecule has 78 valence electrons. The molecule has 0 saturated carbocycles. The van der Waals surface area contributed by atoms with Crippen molar-refractivity contribution < 1.29 is 4.48 Å². The zero-order valence-electron chi connectivity index (χ0n) is 9.20. The van der Waals surface area contributed by atoms with Gasteiger partial charge in [0, 0.05) is 5.56 Å². The van der Waals surface area contributed by atoms with Crippen molar-refractivity contribution in [2.24, 2.45) is 0 Å². The summed E-state index contributed by atoms with van der Waals surface area (Å²) in [5, 5.41) is 0. The van der Waals surface area contributed by atoms with Crippen molar-refractivity contribution in [2.45, 2.75) is 6.54 Å². The summed E-state index contributed by atoms with van der Waals surface area (Å²) in [6, 6.07) is 10.6. The van der Waals surface area contributed by atoms with Crippen molar-refractivity contribution in [3.05, 3.63) is 48.0 Å². The highest BCUT2D eigenvalue weighted by Crippen LogP contribution is 2.05. The minimum absolute atomic E-state index is 0.990. The van der Waals surface area contributed by atoms with Crippen molar-refractivity contribution in [1.29, 1.82) is 0 Å². The van der Waals surface area contributed by atoms with Gasteiger partial charge < -0.3 is 4.48 Å². The van der Waals surface area contributed by atoms with Crippen molar-refractivity contribution in [3.63, 3.8) is 0 Å². The highest BCUT2D eigenvalue weighted by Gasteiger charge is 2.06. The van der Waals surface area contributed by atoms with Gasteiger partial charge in [0.2, 0.25) is 0 Å². The standard InChI is InChI=1S/C10H16N.C2H3Cl/c1-11(2,3)9-10-7-5-4-6-8-10;1-2-3/h4-8H,9H2,1-3H3;2H,1H2/q+1;. The van der Waals surface area contributed by atoms with E-state index in [-0.39, 0.29) is 0 Å². The highest BCUT2D eigenvalue weighted by molar-refractivity contribution is 6.25. The molecule has 14 heavy (non-hydrogen) atoms. The maximum absolute atomic E-state index is 4.76. The van der Waals surface area contributed by atoms with Gasteiger partial charge in [-0.15, -0.1) is 0 Å². The average Bonchev–Trinajstić information content (AvgIpc) is 2.04. The van der Waals surface area contributed by atoms with Crippen molar-refractivity contribution in [2.75, 3.05) is 21.1 Å². The monoisotopic (exact) mass is 212 g/mol. The zero-order valence-corrected chi connectivity index (χ0v) is 9.96. The Bertz CT molecular complexity index is 249. The lowest BCUT2D eigenvalue weighted by atomic mass is 10.2. The van der Waals surface area contributed by atoms with Gasteiger partial charge in [-0.05, 0) is 5.54 Å². The second-order valence-electron chi connectivity index (χ2n) is 4.09. The summed E-state index contributed by atoms with van der Waals surface area (Å²) in [6.07, 6.45) is 0. The Hall–Kier alpha value is -0.790. The maximum atomic E-state index is 4.76. The molecule has 0 fully saturated rings. The molecule has 0 radical (unpaired) electrons. The smallest absolute Gasteiger partial charge is 0.104 e. The molecule has 1 nitrogen and oxygen atoms in total. The number of halogens is 1. The summed E-state index contributed by atoms with van der Waals surface area (Å²) in [5.74, 6) is 0. The number of nitrogens with zero attached hydrogens (tertiary/aromatic N) is 1. The third kappa shape index (κ3) is 7.84. The molecule has 1 aromatic carbocycles. The first-order valence-electron chi connectivity index (χ1n) is 4.55. The molecule has 0 bridgehead atoms. The predicted octanol–water partition coefficient (Wildman–Crippen LogP) is 3.26. The minimum atomic E-state index is 0.990. The van der Waals surface area contributed by atoms with E-state index in [0.717, 1.165) is 11.0 Å². The van der Waals surface area contributed by atoms with Gasteiger partial charge in [-0.3, -0.25) is 0 Å². The van der Waals surface area contributed by atoms with E-state index in [1.807, 2.05) is 0 Å². The second kappa shape index (κ2) is 6.63. The van der Waals surface area contributed by atoms with Gasteiger partial charge in [0.1, 0.15) is 6.54 Å². The molecule has 0 aliphatic heterocycles. The van der Waals surface area contributed by atoms with E-state index in [1.165, 1.54) is 11.1 Å². The van der Waals surface area contributed by atoms with E-state index in [0.29, 0.717) is 0 Å². The summed E-state index contributed by atoms with van der Waals surface area (Å²) in [4.78, 5) is 0. The lowest BCUT2D eigenvalue weighted by molar-refractivity contribution is -0.884. The molecule has 0 aromatic heterocycles. The van der Waals surface area contributed by atoms with Gasteiger partial charge in [-0.1, -0.05) is 48.5 Å². The summed E-state index contributed by atoms with van der Waals surface area (Å²) < 4.78 is 0.990. The van der Waals surface area contributed by atoms with Crippen molar-refractivity contribution in [1.82, 2.24) is 0 Å². The predicted molar refractivity (Wildman–Crippen MR) is 64.2 cm³/mol. The van der Waals surface area contributed by atoms with E-state index in [4.69, 9.17) is 11.6 Å². The van der Waals surface area contributed by atoms with Crippen LogP contribution in [0.3, 0.4) is 0 Å². The molecule has 0 amide bonds. The molecule has 0 saturated heterocycles. The largest absolute Gasteiger partial charge is 0.327 e. The van der Waals surface area contributed by atoms with Gasteiger partial charge in [0.25, 0.3) is 0 Å². The van der Waals surface area contributed by atoms with Gasteiger partial charge in [-0.2, -0.15) is 0 Å². The molecule has 1 aromatic rings. The minimum Gasteiger partial charge on any atom is -0.327 e. The number of quaternary nitrogens is 1. The molecule has 0 unspecified atom stereocenters.